The first kappa shape index (κ1) is 17.0. The number of ether oxygens (including phenoxy) is 1. The molecule has 0 saturated carbocycles. The molecule has 1 aromatic carbocycles. The van der Waals surface area contributed by atoms with Gasteiger partial charge in [0.15, 0.2) is 6.10 Å². The van der Waals surface area contributed by atoms with Gasteiger partial charge in [0.25, 0.3) is 5.91 Å². The van der Waals surface area contributed by atoms with E-state index in [2.05, 4.69) is 12.2 Å². The van der Waals surface area contributed by atoms with Crippen LogP contribution in [0, 0.1) is 0 Å². The molecule has 0 unspecified atom stereocenters. The van der Waals surface area contributed by atoms with Crippen molar-refractivity contribution >= 4 is 35.0 Å². The fourth-order valence-corrected chi connectivity index (χ4v) is 2.50. The minimum atomic E-state index is -0.861. The SMILES string of the molecule is CCc1ccc(NC(=O)[C@@H](C)OC(=O)/C=C/c2ccsc2)cc1. The zero-order valence-corrected chi connectivity index (χ0v) is 13.9. The van der Waals surface area contributed by atoms with Crippen molar-refractivity contribution < 1.29 is 14.3 Å². The molecular weight excluding hydrogens is 310 g/mol. The number of benzene rings is 1. The van der Waals surface area contributed by atoms with Gasteiger partial charge in [0.1, 0.15) is 0 Å². The average Bonchev–Trinajstić information content (AvgIpc) is 3.07. The van der Waals surface area contributed by atoms with E-state index in [1.54, 1.807) is 24.3 Å². The van der Waals surface area contributed by atoms with Crippen molar-refractivity contribution in [2.75, 3.05) is 5.32 Å². The minimum absolute atomic E-state index is 0.355. The van der Waals surface area contributed by atoms with E-state index in [-0.39, 0.29) is 5.91 Å². The van der Waals surface area contributed by atoms with Crippen LogP contribution in [-0.2, 0) is 20.7 Å². The van der Waals surface area contributed by atoms with Gasteiger partial charge in [-0.1, -0.05) is 19.1 Å². The van der Waals surface area contributed by atoms with Crippen LogP contribution in [0.5, 0.6) is 0 Å². The fraction of sp³-hybridized carbons (Fsp3) is 0.222. The van der Waals surface area contributed by atoms with Crippen LogP contribution in [0.1, 0.15) is 25.0 Å². The molecule has 120 valence electrons. The Morgan fingerprint density at radius 1 is 1.26 bits per heavy atom. The highest BCUT2D eigenvalue weighted by molar-refractivity contribution is 7.08. The molecular formula is C18H19NO3S. The van der Waals surface area contributed by atoms with Crippen LogP contribution in [0.2, 0.25) is 0 Å². The zero-order valence-electron chi connectivity index (χ0n) is 13.1. The molecule has 1 amide bonds. The molecule has 2 aromatic rings. The van der Waals surface area contributed by atoms with E-state index in [4.69, 9.17) is 4.74 Å². The van der Waals surface area contributed by atoms with Gasteiger partial charge in [-0.25, -0.2) is 4.79 Å². The first-order chi connectivity index (χ1) is 11.1. The molecule has 1 N–H and O–H groups in total. The lowest BCUT2D eigenvalue weighted by atomic mass is 10.1. The molecule has 1 aromatic heterocycles. The summed E-state index contributed by atoms with van der Waals surface area (Å²) >= 11 is 1.55. The Morgan fingerprint density at radius 3 is 2.61 bits per heavy atom. The molecule has 4 nitrogen and oxygen atoms in total. The van der Waals surface area contributed by atoms with Gasteiger partial charge >= 0.3 is 5.97 Å². The quantitative estimate of drug-likeness (QED) is 0.646. The van der Waals surface area contributed by atoms with Crippen molar-refractivity contribution in [1.82, 2.24) is 0 Å². The van der Waals surface area contributed by atoms with E-state index < -0.39 is 12.1 Å². The Morgan fingerprint density at radius 2 is 2.00 bits per heavy atom. The van der Waals surface area contributed by atoms with Gasteiger partial charge in [-0.05, 0) is 59.5 Å². The van der Waals surface area contributed by atoms with Crippen LogP contribution >= 0.6 is 11.3 Å². The van der Waals surface area contributed by atoms with Crippen LogP contribution in [0.25, 0.3) is 6.08 Å². The summed E-state index contributed by atoms with van der Waals surface area (Å²) in [5.41, 5.74) is 2.81. The summed E-state index contributed by atoms with van der Waals surface area (Å²) in [5.74, 6) is -0.897. The van der Waals surface area contributed by atoms with E-state index in [0.717, 1.165) is 12.0 Å². The van der Waals surface area contributed by atoms with Crippen molar-refractivity contribution in [2.45, 2.75) is 26.4 Å². The topological polar surface area (TPSA) is 55.4 Å². The molecule has 0 aliphatic rings. The van der Waals surface area contributed by atoms with Crippen molar-refractivity contribution in [2.24, 2.45) is 0 Å². The first-order valence-electron chi connectivity index (χ1n) is 7.39. The van der Waals surface area contributed by atoms with E-state index in [9.17, 15) is 9.59 Å². The van der Waals surface area contributed by atoms with E-state index in [1.165, 1.54) is 11.6 Å². The van der Waals surface area contributed by atoms with Crippen molar-refractivity contribution in [3.63, 3.8) is 0 Å². The minimum Gasteiger partial charge on any atom is -0.449 e. The third-order valence-electron chi connectivity index (χ3n) is 3.25. The molecule has 2 rings (SSSR count). The largest absolute Gasteiger partial charge is 0.449 e. The number of anilines is 1. The highest BCUT2D eigenvalue weighted by atomic mass is 32.1. The Labute approximate surface area is 139 Å². The summed E-state index contributed by atoms with van der Waals surface area (Å²) < 4.78 is 5.09. The van der Waals surface area contributed by atoms with Gasteiger partial charge in [0.2, 0.25) is 0 Å². The molecule has 0 spiro atoms. The van der Waals surface area contributed by atoms with E-state index in [0.29, 0.717) is 5.69 Å². The van der Waals surface area contributed by atoms with Gasteiger partial charge < -0.3 is 10.1 Å². The molecule has 0 aliphatic carbocycles. The number of carbonyl (C=O) groups is 2. The number of hydrogen-bond acceptors (Lipinski definition) is 4. The lowest BCUT2D eigenvalue weighted by Crippen LogP contribution is -2.29. The second kappa shape index (κ2) is 8.29. The molecule has 0 aliphatic heterocycles. The number of nitrogens with one attached hydrogen (secondary N) is 1. The number of rotatable bonds is 6. The molecule has 0 radical (unpaired) electrons. The first-order valence-corrected chi connectivity index (χ1v) is 8.33. The lowest BCUT2D eigenvalue weighted by Gasteiger charge is -2.12. The highest BCUT2D eigenvalue weighted by Gasteiger charge is 2.16. The summed E-state index contributed by atoms with van der Waals surface area (Å²) in [6, 6.07) is 9.47. The summed E-state index contributed by atoms with van der Waals surface area (Å²) in [7, 11) is 0. The Bertz CT molecular complexity index is 675. The van der Waals surface area contributed by atoms with Crippen molar-refractivity contribution in [3.05, 3.63) is 58.3 Å². The van der Waals surface area contributed by atoms with Crippen molar-refractivity contribution in [3.8, 4) is 0 Å². The summed E-state index contributed by atoms with van der Waals surface area (Å²) in [6.45, 7) is 3.62. The predicted octanol–water partition coefficient (Wildman–Crippen LogP) is 3.89. The van der Waals surface area contributed by atoms with Crippen molar-refractivity contribution in [1.29, 1.82) is 0 Å². The third kappa shape index (κ3) is 5.38. The van der Waals surface area contributed by atoms with Gasteiger partial charge in [-0.3, -0.25) is 4.79 Å². The Hall–Kier alpha value is -2.40. The number of aryl methyl sites for hydroxylation is 1. The zero-order chi connectivity index (χ0) is 16.7. The van der Waals surface area contributed by atoms with E-state index >= 15 is 0 Å². The third-order valence-corrected chi connectivity index (χ3v) is 3.95. The van der Waals surface area contributed by atoms with Gasteiger partial charge in [0, 0.05) is 11.8 Å². The number of amides is 1. The van der Waals surface area contributed by atoms with E-state index in [1.807, 2.05) is 41.1 Å². The number of thiophene rings is 1. The molecule has 1 atom stereocenters. The average molecular weight is 329 g/mol. The molecule has 5 heteroatoms. The van der Waals surface area contributed by atoms with Crippen LogP contribution in [0.4, 0.5) is 5.69 Å². The maximum atomic E-state index is 12.0. The summed E-state index contributed by atoms with van der Waals surface area (Å²) in [4.78, 5) is 23.7. The number of carbonyl (C=O) groups excluding carboxylic acids is 2. The molecule has 23 heavy (non-hydrogen) atoms. The monoisotopic (exact) mass is 329 g/mol. The fourth-order valence-electron chi connectivity index (χ4n) is 1.87. The van der Waals surface area contributed by atoms with Gasteiger partial charge in [-0.2, -0.15) is 11.3 Å². The lowest BCUT2D eigenvalue weighted by molar-refractivity contribution is -0.148. The number of esters is 1. The smallest absolute Gasteiger partial charge is 0.331 e. The summed E-state index contributed by atoms with van der Waals surface area (Å²) in [6.07, 6.45) is 3.06. The normalized spacial score (nSPS) is 12.1. The van der Waals surface area contributed by atoms with Crippen LogP contribution in [-0.4, -0.2) is 18.0 Å². The molecule has 0 fully saturated rings. The van der Waals surface area contributed by atoms with Gasteiger partial charge in [0.05, 0.1) is 0 Å². The summed E-state index contributed by atoms with van der Waals surface area (Å²) in [5, 5.41) is 6.57. The predicted molar refractivity (Wildman–Crippen MR) is 93.4 cm³/mol. The van der Waals surface area contributed by atoms with Crippen LogP contribution in [0.3, 0.4) is 0 Å². The molecule has 1 heterocycles. The second-order valence-electron chi connectivity index (χ2n) is 5.01. The standard InChI is InChI=1S/C18H19NO3S/c1-3-14-4-7-16(8-5-14)19-18(21)13(2)22-17(20)9-6-15-10-11-23-12-15/h4-13H,3H2,1-2H3,(H,19,21)/b9-6+/t13-/m1/s1. The number of hydrogen-bond donors (Lipinski definition) is 1. The van der Waals surface area contributed by atoms with Gasteiger partial charge in [-0.15, -0.1) is 0 Å². The Balaban J connectivity index is 1.85. The molecule has 0 saturated heterocycles. The second-order valence-corrected chi connectivity index (χ2v) is 5.79. The highest BCUT2D eigenvalue weighted by Crippen LogP contribution is 2.11. The van der Waals surface area contributed by atoms with Crippen LogP contribution < -0.4 is 5.32 Å². The maximum absolute atomic E-state index is 12.0. The molecule has 0 bridgehead atoms. The van der Waals surface area contributed by atoms with Crippen LogP contribution in [0.15, 0.2) is 47.2 Å². The maximum Gasteiger partial charge on any atom is 0.331 e. The Kier molecular flexibility index (Phi) is 6.11.